The highest BCUT2D eigenvalue weighted by Crippen LogP contribution is 2.10. The fourth-order valence-corrected chi connectivity index (χ4v) is 2.15. The van der Waals surface area contributed by atoms with Crippen LogP contribution in [0.4, 0.5) is 4.79 Å². The van der Waals surface area contributed by atoms with Gasteiger partial charge in [0.1, 0.15) is 0 Å². The Hall–Kier alpha value is -2.47. The van der Waals surface area contributed by atoms with Gasteiger partial charge in [-0.1, -0.05) is 12.1 Å². The Morgan fingerprint density at radius 1 is 1.30 bits per heavy atom. The monoisotopic (exact) mass is 314 g/mol. The van der Waals surface area contributed by atoms with Crippen LogP contribution in [0.15, 0.2) is 48.9 Å². The van der Waals surface area contributed by atoms with Gasteiger partial charge in [-0.2, -0.15) is 0 Å². The summed E-state index contributed by atoms with van der Waals surface area (Å²) in [6.07, 6.45) is 5.19. The van der Waals surface area contributed by atoms with Crippen LogP contribution < -0.4 is 5.32 Å². The number of pyridine rings is 2. The quantitative estimate of drug-likeness (QED) is 0.852. The number of aromatic nitrogens is 2. The maximum atomic E-state index is 12.5. The fraction of sp³-hybridized carbons (Fsp3) is 0.353. The molecule has 0 aliphatic carbocycles. The van der Waals surface area contributed by atoms with Crippen LogP contribution in [0.3, 0.4) is 0 Å². The molecule has 0 spiro atoms. The van der Waals surface area contributed by atoms with Crippen LogP contribution in [0.25, 0.3) is 0 Å². The zero-order valence-corrected chi connectivity index (χ0v) is 13.5. The Labute approximate surface area is 136 Å². The van der Waals surface area contributed by atoms with Gasteiger partial charge in [-0.15, -0.1) is 0 Å². The summed E-state index contributed by atoms with van der Waals surface area (Å²) in [5.41, 5.74) is 1.80. The molecule has 0 aliphatic heterocycles. The highest BCUT2D eigenvalue weighted by atomic mass is 16.5. The first-order valence-electron chi connectivity index (χ1n) is 7.55. The van der Waals surface area contributed by atoms with E-state index in [1.54, 1.807) is 30.6 Å². The second-order valence-corrected chi connectivity index (χ2v) is 5.20. The predicted molar refractivity (Wildman–Crippen MR) is 87.7 cm³/mol. The minimum absolute atomic E-state index is 0.149. The van der Waals surface area contributed by atoms with Crippen LogP contribution >= 0.6 is 0 Å². The molecule has 0 radical (unpaired) electrons. The van der Waals surface area contributed by atoms with Gasteiger partial charge in [-0.25, -0.2) is 4.79 Å². The first kappa shape index (κ1) is 16.9. The lowest BCUT2D eigenvalue weighted by atomic mass is 10.2. The zero-order chi connectivity index (χ0) is 16.5. The molecule has 23 heavy (non-hydrogen) atoms. The van der Waals surface area contributed by atoms with Gasteiger partial charge < -0.3 is 15.0 Å². The number of hydrogen-bond donors (Lipinski definition) is 1. The Bertz CT molecular complexity index is 592. The minimum Gasteiger partial charge on any atom is -0.383 e. The van der Waals surface area contributed by atoms with E-state index in [2.05, 4.69) is 15.3 Å². The molecule has 2 heterocycles. The summed E-state index contributed by atoms with van der Waals surface area (Å²) < 4.78 is 5.10. The second-order valence-electron chi connectivity index (χ2n) is 5.20. The molecule has 1 unspecified atom stereocenters. The summed E-state index contributed by atoms with van der Waals surface area (Å²) in [5.74, 6) is 0. The molecular weight excluding hydrogens is 292 g/mol. The standard InChI is InChI=1S/C17H22N4O2/c1-14(16-7-3-4-9-19-16)20-17(22)21(10-11-23-2)13-15-6-5-8-18-12-15/h3-9,12,14H,10-11,13H2,1-2H3,(H,20,22). The Morgan fingerprint density at radius 2 is 2.17 bits per heavy atom. The SMILES string of the molecule is COCCN(Cc1cccnc1)C(=O)NC(C)c1ccccn1. The molecule has 1 atom stereocenters. The lowest BCUT2D eigenvalue weighted by Gasteiger charge is -2.25. The largest absolute Gasteiger partial charge is 0.383 e. The minimum atomic E-state index is -0.164. The van der Waals surface area contributed by atoms with Gasteiger partial charge in [-0.3, -0.25) is 9.97 Å². The number of carbonyl (C=O) groups is 1. The Morgan fingerprint density at radius 3 is 2.83 bits per heavy atom. The molecule has 0 aromatic carbocycles. The number of ether oxygens (including phenoxy) is 1. The van der Waals surface area contributed by atoms with Crippen LogP contribution in [0.1, 0.15) is 24.2 Å². The van der Waals surface area contributed by atoms with E-state index in [-0.39, 0.29) is 12.1 Å². The summed E-state index contributed by atoms with van der Waals surface area (Å²) in [6.45, 7) is 3.38. The summed E-state index contributed by atoms with van der Waals surface area (Å²) in [4.78, 5) is 22.6. The maximum absolute atomic E-state index is 12.5. The van der Waals surface area contributed by atoms with E-state index in [0.717, 1.165) is 11.3 Å². The van der Waals surface area contributed by atoms with Crippen LogP contribution in [0.5, 0.6) is 0 Å². The smallest absolute Gasteiger partial charge is 0.318 e. The molecule has 2 amide bonds. The van der Waals surface area contributed by atoms with Gasteiger partial charge >= 0.3 is 6.03 Å². The molecule has 0 fully saturated rings. The van der Waals surface area contributed by atoms with Crippen molar-refractivity contribution in [3.63, 3.8) is 0 Å². The van der Waals surface area contributed by atoms with E-state index in [0.29, 0.717) is 19.7 Å². The highest BCUT2D eigenvalue weighted by Gasteiger charge is 2.17. The molecule has 6 nitrogen and oxygen atoms in total. The van der Waals surface area contributed by atoms with Crippen molar-refractivity contribution < 1.29 is 9.53 Å². The number of hydrogen-bond acceptors (Lipinski definition) is 4. The Balaban J connectivity index is 2.01. The molecule has 0 aliphatic rings. The molecular formula is C17H22N4O2. The van der Waals surface area contributed by atoms with Gasteiger partial charge in [0.15, 0.2) is 0 Å². The van der Waals surface area contributed by atoms with Crippen molar-refractivity contribution in [1.29, 1.82) is 0 Å². The summed E-state index contributed by atoms with van der Waals surface area (Å²) in [6, 6.07) is 9.15. The van der Waals surface area contributed by atoms with Crippen molar-refractivity contribution in [2.45, 2.75) is 19.5 Å². The fourth-order valence-electron chi connectivity index (χ4n) is 2.15. The highest BCUT2D eigenvalue weighted by molar-refractivity contribution is 5.74. The first-order chi connectivity index (χ1) is 11.2. The van der Waals surface area contributed by atoms with Gasteiger partial charge in [-0.05, 0) is 30.7 Å². The molecule has 0 saturated heterocycles. The topological polar surface area (TPSA) is 67.3 Å². The van der Waals surface area contributed by atoms with E-state index in [1.165, 1.54) is 0 Å². The van der Waals surface area contributed by atoms with Crippen molar-refractivity contribution in [1.82, 2.24) is 20.2 Å². The van der Waals surface area contributed by atoms with Gasteiger partial charge in [0.05, 0.1) is 18.3 Å². The second kappa shape index (κ2) is 8.85. The van der Waals surface area contributed by atoms with Crippen molar-refractivity contribution in [2.24, 2.45) is 0 Å². The molecule has 6 heteroatoms. The molecule has 2 aromatic heterocycles. The number of carbonyl (C=O) groups excluding carboxylic acids is 1. The summed E-state index contributed by atoms with van der Waals surface area (Å²) in [5, 5.41) is 2.97. The van der Waals surface area contributed by atoms with Crippen LogP contribution in [-0.2, 0) is 11.3 Å². The van der Waals surface area contributed by atoms with Gasteiger partial charge in [0, 0.05) is 38.8 Å². The van der Waals surface area contributed by atoms with Crippen LogP contribution in [0, 0.1) is 0 Å². The summed E-state index contributed by atoms with van der Waals surface area (Å²) in [7, 11) is 1.62. The van der Waals surface area contributed by atoms with E-state index in [4.69, 9.17) is 4.74 Å². The third-order valence-electron chi connectivity index (χ3n) is 3.42. The van der Waals surface area contributed by atoms with Crippen molar-refractivity contribution in [2.75, 3.05) is 20.3 Å². The third kappa shape index (κ3) is 5.34. The molecule has 0 saturated carbocycles. The maximum Gasteiger partial charge on any atom is 0.318 e. The van der Waals surface area contributed by atoms with Crippen LogP contribution in [-0.4, -0.2) is 41.2 Å². The first-order valence-corrected chi connectivity index (χ1v) is 7.55. The lowest BCUT2D eigenvalue weighted by Crippen LogP contribution is -2.42. The number of nitrogens with one attached hydrogen (secondary N) is 1. The number of nitrogens with zero attached hydrogens (tertiary/aromatic N) is 3. The third-order valence-corrected chi connectivity index (χ3v) is 3.42. The molecule has 1 N–H and O–H groups in total. The number of methoxy groups -OCH3 is 1. The number of amides is 2. The number of urea groups is 1. The summed E-state index contributed by atoms with van der Waals surface area (Å²) >= 11 is 0. The van der Waals surface area contributed by atoms with Gasteiger partial charge in [0.2, 0.25) is 0 Å². The van der Waals surface area contributed by atoms with E-state index >= 15 is 0 Å². The van der Waals surface area contributed by atoms with Gasteiger partial charge in [0.25, 0.3) is 0 Å². The molecule has 2 aromatic rings. The average Bonchev–Trinajstić information content (AvgIpc) is 2.60. The van der Waals surface area contributed by atoms with Crippen molar-refractivity contribution in [3.05, 3.63) is 60.2 Å². The molecule has 122 valence electrons. The average molecular weight is 314 g/mol. The van der Waals surface area contributed by atoms with E-state index in [1.807, 2.05) is 37.3 Å². The number of rotatable bonds is 7. The Kier molecular flexibility index (Phi) is 6.50. The van der Waals surface area contributed by atoms with Crippen LogP contribution in [0.2, 0.25) is 0 Å². The normalized spacial score (nSPS) is 11.7. The van der Waals surface area contributed by atoms with E-state index in [9.17, 15) is 4.79 Å². The van der Waals surface area contributed by atoms with Crippen molar-refractivity contribution in [3.8, 4) is 0 Å². The zero-order valence-electron chi connectivity index (χ0n) is 13.5. The predicted octanol–water partition coefficient (Wildman–Crippen LogP) is 2.40. The van der Waals surface area contributed by atoms with Crippen molar-refractivity contribution >= 4 is 6.03 Å². The molecule has 0 bridgehead atoms. The lowest BCUT2D eigenvalue weighted by molar-refractivity contribution is 0.145. The van der Waals surface area contributed by atoms with E-state index < -0.39 is 0 Å². The molecule has 2 rings (SSSR count).